The average molecular weight is 683 g/mol. The van der Waals surface area contributed by atoms with E-state index in [1.807, 2.05) is 0 Å². The van der Waals surface area contributed by atoms with Crippen molar-refractivity contribution in [1.29, 1.82) is 0 Å². The number of fused-ring (bicyclic) bond motifs is 1. The van der Waals surface area contributed by atoms with Crippen molar-refractivity contribution < 1.29 is 57.5 Å². The molecule has 3 heterocycles. The van der Waals surface area contributed by atoms with Gasteiger partial charge in [-0.3, -0.25) is 4.79 Å². The van der Waals surface area contributed by atoms with Gasteiger partial charge in [-0.1, -0.05) is 39.0 Å². The van der Waals surface area contributed by atoms with E-state index in [2.05, 4.69) is 0 Å². The van der Waals surface area contributed by atoms with Gasteiger partial charge >= 0.3 is 17.4 Å². The van der Waals surface area contributed by atoms with E-state index in [4.69, 9.17) is 28.4 Å². The third-order valence-electron chi connectivity index (χ3n) is 12.6. The second-order valence-electron chi connectivity index (χ2n) is 14.5. The highest BCUT2D eigenvalue weighted by Crippen LogP contribution is 2.93. The lowest BCUT2D eigenvalue weighted by atomic mass is 9.40. The number of rotatable bonds is 6. The highest BCUT2D eigenvalue weighted by molar-refractivity contribution is 8.13. The molecule has 256 valence electrons. The smallest absolute Gasteiger partial charge is 0.454 e. The maximum atomic E-state index is 15.5. The Morgan fingerprint density at radius 2 is 1.79 bits per heavy atom. The fraction of sp³-hybridized carbons (Fsp3) is 0.618. The Morgan fingerprint density at radius 3 is 2.38 bits per heavy atom. The number of carbonyl (C=O) groups is 5. The van der Waals surface area contributed by atoms with E-state index in [-0.39, 0.29) is 24.3 Å². The van der Waals surface area contributed by atoms with Crippen LogP contribution in [0.3, 0.4) is 0 Å². The Labute approximate surface area is 282 Å². The van der Waals surface area contributed by atoms with Crippen molar-refractivity contribution in [1.82, 2.24) is 0 Å². The first-order chi connectivity index (χ1) is 22.6. The van der Waals surface area contributed by atoms with Crippen LogP contribution in [0.5, 0.6) is 0 Å². The predicted octanol–water partition coefficient (Wildman–Crippen LogP) is 3.99. The number of thioether (sulfide) groups is 1. The van der Waals surface area contributed by atoms with Gasteiger partial charge in [0, 0.05) is 41.9 Å². The van der Waals surface area contributed by atoms with E-state index in [9.17, 15) is 24.3 Å². The zero-order valence-corrected chi connectivity index (χ0v) is 28.7. The third-order valence-corrected chi connectivity index (χ3v) is 13.2. The van der Waals surface area contributed by atoms with E-state index in [0.717, 1.165) is 11.8 Å². The minimum atomic E-state index is -1.98. The van der Waals surface area contributed by atoms with Crippen molar-refractivity contribution in [2.45, 2.75) is 101 Å². The Balaban J connectivity index is 1.60. The van der Waals surface area contributed by atoms with Crippen LogP contribution in [-0.4, -0.2) is 102 Å². The van der Waals surface area contributed by atoms with Crippen molar-refractivity contribution in [3.8, 4) is 0 Å². The van der Waals surface area contributed by atoms with Gasteiger partial charge in [0.25, 0.3) is 0 Å². The fourth-order valence-corrected chi connectivity index (χ4v) is 11.2. The lowest BCUT2D eigenvalue weighted by Crippen LogP contribution is -2.76. The van der Waals surface area contributed by atoms with E-state index < -0.39 is 93.6 Å². The maximum Gasteiger partial charge on any atom is 0.509 e. The van der Waals surface area contributed by atoms with Crippen molar-refractivity contribution in [3.63, 3.8) is 0 Å². The third kappa shape index (κ3) is 3.62. The van der Waals surface area contributed by atoms with Crippen LogP contribution in [-0.2, 0) is 38.0 Å². The molecule has 0 radical (unpaired) electrons. The molecule has 1 N–H and O–H groups in total. The number of Topliss-reactive ketones (excluding diaryl/α,β-unsaturated/α-hetero) is 1. The summed E-state index contributed by atoms with van der Waals surface area (Å²) in [4.78, 5) is 70.4. The Kier molecular flexibility index (Phi) is 7.39. The summed E-state index contributed by atoms with van der Waals surface area (Å²) in [5.41, 5.74) is -4.60. The molecule has 3 aliphatic heterocycles. The number of hydrogen-bond acceptors (Lipinski definition) is 13. The summed E-state index contributed by atoms with van der Waals surface area (Å²) in [6, 6.07) is 8.18. The molecule has 0 amide bonds. The molecule has 0 aromatic heterocycles. The molecule has 48 heavy (non-hydrogen) atoms. The summed E-state index contributed by atoms with van der Waals surface area (Å²) in [7, 11) is 1.36. The molecule has 1 aromatic rings. The summed E-state index contributed by atoms with van der Waals surface area (Å²) < 4.78 is 36.9. The van der Waals surface area contributed by atoms with Gasteiger partial charge in [0.15, 0.2) is 11.9 Å². The molecule has 12 nitrogen and oxygen atoms in total. The first-order valence-electron chi connectivity index (χ1n) is 16.2. The second-order valence-corrected chi connectivity index (χ2v) is 15.7. The van der Waals surface area contributed by atoms with Gasteiger partial charge in [-0.05, 0) is 55.8 Å². The molecule has 7 rings (SSSR count). The zero-order chi connectivity index (χ0) is 34.8. The Bertz CT molecular complexity index is 1660. The van der Waals surface area contributed by atoms with E-state index >= 15 is 4.79 Å². The molecule has 14 heteroatoms. The number of aliphatic hydroxyl groups is 1. The van der Waals surface area contributed by atoms with E-state index in [1.165, 1.54) is 14.0 Å². The van der Waals surface area contributed by atoms with Crippen molar-refractivity contribution in [3.05, 3.63) is 47.0 Å². The minimum absolute atomic E-state index is 0.0342. The fourth-order valence-electron chi connectivity index (χ4n) is 10.8. The summed E-state index contributed by atoms with van der Waals surface area (Å²) in [5.74, 6) is -0.897. The SMILES string of the molecule is CCSC(=O)O[C@H]1C[C@H]2OC[C@]23B(C(C)=O)[C@@]32[C@H](OC(=O)c3ccccc3)[C@]34OC(=O)O[C@H]3[C@H](O)C(C)=C([C@@H](OC)C(=O)[C@]12C)C4(C)C. The van der Waals surface area contributed by atoms with Crippen LogP contribution >= 0.6 is 11.8 Å². The normalized spacial score (nSPS) is 41.5. The van der Waals surface area contributed by atoms with Gasteiger partial charge in [-0.25, -0.2) is 14.4 Å². The van der Waals surface area contributed by atoms with Gasteiger partial charge in [0.05, 0.1) is 22.8 Å². The topological polar surface area (TPSA) is 161 Å². The highest BCUT2D eigenvalue weighted by Gasteiger charge is 3.01. The number of benzene rings is 1. The molecule has 10 atom stereocenters. The quantitative estimate of drug-likeness (QED) is 0.199. The molecular formula is C34H39BO12S. The molecule has 3 saturated heterocycles. The van der Waals surface area contributed by atoms with Crippen molar-refractivity contribution >= 4 is 47.4 Å². The van der Waals surface area contributed by atoms with Gasteiger partial charge in [-0.15, -0.1) is 0 Å². The summed E-state index contributed by atoms with van der Waals surface area (Å²) in [6.45, 7) is 9.02. The van der Waals surface area contributed by atoms with Crippen molar-refractivity contribution in [2.75, 3.05) is 19.5 Å². The highest BCUT2D eigenvalue weighted by atomic mass is 32.2. The number of aliphatic hydroxyl groups excluding tert-OH is 1. The van der Waals surface area contributed by atoms with Crippen LogP contribution in [0.1, 0.15) is 58.3 Å². The first kappa shape index (κ1) is 33.3. The Hall–Kier alpha value is -3.20. The zero-order valence-electron chi connectivity index (χ0n) is 27.9. The molecule has 3 aliphatic carbocycles. The lowest BCUT2D eigenvalue weighted by Gasteiger charge is -2.65. The molecule has 6 aliphatic rings. The Morgan fingerprint density at radius 1 is 1.10 bits per heavy atom. The molecule has 0 unspecified atom stereocenters. The summed E-state index contributed by atoms with van der Waals surface area (Å²) >= 11 is 0.930. The molecule has 1 aromatic carbocycles. The molecule has 5 fully saturated rings. The van der Waals surface area contributed by atoms with Crippen LogP contribution in [0, 0.1) is 10.8 Å². The predicted molar refractivity (Wildman–Crippen MR) is 171 cm³/mol. The molecule has 2 saturated carbocycles. The van der Waals surface area contributed by atoms with Crippen LogP contribution in [0.4, 0.5) is 9.59 Å². The van der Waals surface area contributed by atoms with E-state index in [0.29, 0.717) is 16.9 Å². The largest absolute Gasteiger partial charge is 0.509 e. The van der Waals surface area contributed by atoms with Crippen LogP contribution in [0.25, 0.3) is 0 Å². The number of ether oxygens (including phenoxy) is 6. The van der Waals surface area contributed by atoms with Gasteiger partial charge in [0.2, 0.25) is 12.3 Å². The lowest BCUT2D eigenvalue weighted by molar-refractivity contribution is -0.240. The number of methoxy groups -OCH3 is 1. The number of hydrogen-bond donors (Lipinski definition) is 1. The molecular weight excluding hydrogens is 643 g/mol. The number of carbonyl (C=O) groups excluding carboxylic acids is 5. The summed E-state index contributed by atoms with van der Waals surface area (Å²) in [6.07, 6.45) is -8.64. The average Bonchev–Trinajstić information content (AvgIpc) is 3.59. The van der Waals surface area contributed by atoms with Gasteiger partial charge in [-0.2, -0.15) is 0 Å². The first-order valence-corrected chi connectivity index (χ1v) is 17.2. The minimum Gasteiger partial charge on any atom is -0.454 e. The summed E-state index contributed by atoms with van der Waals surface area (Å²) in [5, 5.41) is 8.53. The van der Waals surface area contributed by atoms with Crippen molar-refractivity contribution in [2.24, 2.45) is 10.8 Å². The molecule has 2 bridgehead atoms. The van der Waals surface area contributed by atoms with Crippen LogP contribution in [0.15, 0.2) is 41.5 Å². The second kappa shape index (κ2) is 10.7. The van der Waals surface area contributed by atoms with Crippen LogP contribution < -0.4 is 0 Å². The standard InChI is InChI=1S/C34H39BO12S/c1-8-48-29(41)44-19-14-20-32(15-43-20)34(35(32)17(3)36)27(46-26(39)18-12-10-9-11-13-18)33-25(45-28(40)47-33)22(37)16(2)21(30(33,4)5)23(42-7)24(38)31(19,34)6/h9-13,19-20,22-23,25,27,37H,8,14-15H2,1-7H3/t19-,20+,22+,23+,25-,27+,31-,32-,33+,34+/m0/s1. The van der Waals surface area contributed by atoms with Gasteiger partial charge < -0.3 is 38.3 Å². The maximum absolute atomic E-state index is 15.5. The number of ketones is 1. The molecule has 3 spiro atoms. The monoisotopic (exact) mass is 682 g/mol. The van der Waals surface area contributed by atoms with Crippen LogP contribution in [0.2, 0.25) is 10.6 Å². The number of esters is 1. The van der Waals surface area contributed by atoms with E-state index in [1.54, 1.807) is 65.0 Å². The van der Waals surface area contributed by atoms with Gasteiger partial charge in [0.1, 0.15) is 24.4 Å².